The van der Waals surface area contributed by atoms with Crippen LogP contribution in [0.15, 0.2) is 42.6 Å². The number of pyridine rings is 1. The van der Waals surface area contributed by atoms with Gasteiger partial charge in [-0.25, -0.2) is 9.59 Å². The molecule has 2 heterocycles. The molecule has 27 heavy (non-hydrogen) atoms. The fraction of sp³-hybridized carbons (Fsp3) is 0.105. The van der Waals surface area contributed by atoms with Gasteiger partial charge in [-0.3, -0.25) is 4.79 Å². The van der Waals surface area contributed by atoms with E-state index in [0.29, 0.717) is 10.7 Å². The number of esters is 2. The van der Waals surface area contributed by atoms with E-state index in [9.17, 15) is 14.4 Å². The summed E-state index contributed by atoms with van der Waals surface area (Å²) in [5.74, 6) is -2.11. The van der Waals surface area contributed by atoms with Crippen LogP contribution in [-0.4, -0.2) is 36.3 Å². The maximum Gasteiger partial charge on any atom is 0.341 e. The number of benzene rings is 1. The topological polar surface area (TPSA) is 100 Å². The minimum atomic E-state index is -0.838. The van der Waals surface area contributed by atoms with E-state index >= 15 is 0 Å². The molecule has 0 spiro atoms. The molecule has 3 aromatic rings. The van der Waals surface area contributed by atoms with Gasteiger partial charge in [0.2, 0.25) is 5.78 Å². The summed E-state index contributed by atoms with van der Waals surface area (Å²) in [6, 6.07) is 9.20. The zero-order valence-electron chi connectivity index (χ0n) is 14.5. The van der Waals surface area contributed by atoms with Crippen LogP contribution in [0, 0.1) is 0 Å². The molecule has 1 aromatic carbocycles. The monoisotopic (exact) mass is 386 g/mol. The molecule has 3 rings (SSSR count). The van der Waals surface area contributed by atoms with E-state index in [4.69, 9.17) is 26.8 Å². The lowest BCUT2D eigenvalue weighted by Crippen LogP contribution is -2.15. The summed E-state index contributed by atoms with van der Waals surface area (Å²) >= 11 is 5.88. The van der Waals surface area contributed by atoms with Crippen LogP contribution in [0.1, 0.15) is 36.8 Å². The Kier molecular flexibility index (Phi) is 4.87. The van der Waals surface area contributed by atoms with Crippen molar-refractivity contribution in [3.05, 3.63) is 70.0 Å². The Morgan fingerprint density at radius 2 is 1.56 bits per heavy atom. The normalized spacial score (nSPS) is 10.6. The molecule has 2 aromatic heterocycles. The Morgan fingerprint density at radius 1 is 0.963 bits per heavy atom. The molecule has 8 heteroatoms. The second-order valence-corrected chi connectivity index (χ2v) is 6.07. The van der Waals surface area contributed by atoms with Crippen LogP contribution < -0.4 is 5.73 Å². The van der Waals surface area contributed by atoms with Gasteiger partial charge in [0.15, 0.2) is 0 Å². The van der Waals surface area contributed by atoms with Crippen molar-refractivity contribution in [2.24, 2.45) is 0 Å². The Hall–Kier alpha value is -3.32. The van der Waals surface area contributed by atoms with Crippen LogP contribution >= 0.6 is 11.6 Å². The molecule has 0 radical (unpaired) electrons. The smallest absolute Gasteiger partial charge is 0.341 e. The van der Waals surface area contributed by atoms with E-state index in [0.717, 1.165) is 7.11 Å². The molecule has 7 nitrogen and oxygen atoms in total. The first-order valence-corrected chi connectivity index (χ1v) is 8.17. The lowest BCUT2D eigenvalue weighted by atomic mass is 10.0. The molecule has 0 saturated carbocycles. The van der Waals surface area contributed by atoms with Gasteiger partial charge in [0.1, 0.15) is 16.8 Å². The van der Waals surface area contributed by atoms with Gasteiger partial charge in [-0.05, 0) is 36.4 Å². The molecule has 0 fully saturated rings. The molecule has 0 atom stereocenters. The molecule has 0 saturated heterocycles. The molecule has 0 aliphatic carbocycles. The van der Waals surface area contributed by atoms with Crippen LogP contribution in [-0.2, 0) is 9.47 Å². The second kappa shape index (κ2) is 7.13. The number of nitrogens with zero attached hydrogens (tertiary/aromatic N) is 1. The number of ether oxygens (including phenoxy) is 2. The average Bonchev–Trinajstić information content (AvgIpc) is 3.00. The minimum absolute atomic E-state index is 0.0282. The number of anilines is 1. The Bertz CT molecular complexity index is 1070. The molecular formula is C19H15ClN2O5. The van der Waals surface area contributed by atoms with Crippen LogP contribution in [0.5, 0.6) is 0 Å². The van der Waals surface area contributed by atoms with E-state index in [1.165, 1.54) is 35.9 Å². The maximum atomic E-state index is 13.2. The molecule has 0 bridgehead atoms. The van der Waals surface area contributed by atoms with Crippen molar-refractivity contribution >= 4 is 40.5 Å². The summed E-state index contributed by atoms with van der Waals surface area (Å²) < 4.78 is 11.0. The minimum Gasteiger partial charge on any atom is -0.465 e. The number of nitrogens with two attached hydrogens (primary N) is 1. The van der Waals surface area contributed by atoms with Crippen LogP contribution in [0.4, 0.5) is 5.69 Å². The molecule has 0 aliphatic rings. The van der Waals surface area contributed by atoms with E-state index in [1.54, 1.807) is 18.2 Å². The van der Waals surface area contributed by atoms with Gasteiger partial charge in [0.25, 0.3) is 0 Å². The van der Waals surface area contributed by atoms with Crippen molar-refractivity contribution < 1.29 is 23.9 Å². The lowest BCUT2D eigenvalue weighted by molar-refractivity contribution is 0.0556. The summed E-state index contributed by atoms with van der Waals surface area (Å²) in [5.41, 5.74) is 6.43. The number of rotatable bonds is 4. The predicted molar refractivity (Wildman–Crippen MR) is 99.4 cm³/mol. The first kappa shape index (κ1) is 18.5. The highest BCUT2D eigenvalue weighted by Gasteiger charge is 2.33. The molecule has 0 unspecified atom stereocenters. The van der Waals surface area contributed by atoms with E-state index in [-0.39, 0.29) is 27.9 Å². The van der Waals surface area contributed by atoms with Crippen molar-refractivity contribution in [1.82, 2.24) is 4.40 Å². The number of carbonyl (C=O) groups excluding carboxylic acids is 3. The van der Waals surface area contributed by atoms with E-state index in [2.05, 4.69) is 0 Å². The highest BCUT2D eigenvalue weighted by Crippen LogP contribution is 2.29. The third-order valence-electron chi connectivity index (χ3n) is 4.06. The first-order chi connectivity index (χ1) is 12.9. The summed E-state index contributed by atoms with van der Waals surface area (Å²) in [6.07, 6.45) is 1.51. The zero-order chi connectivity index (χ0) is 19.7. The van der Waals surface area contributed by atoms with Gasteiger partial charge in [-0.2, -0.15) is 0 Å². The molecule has 2 N–H and O–H groups in total. The molecule has 138 valence electrons. The van der Waals surface area contributed by atoms with Crippen molar-refractivity contribution in [3.63, 3.8) is 0 Å². The summed E-state index contributed by atoms with van der Waals surface area (Å²) in [4.78, 5) is 38.0. The van der Waals surface area contributed by atoms with E-state index < -0.39 is 17.7 Å². The van der Waals surface area contributed by atoms with Crippen LogP contribution in [0.25, 0.3) is 5.52 Å². The standard InChI is InChI=1S/C19H15ClN2O5/c1-26-18(24)14-13-9-12(21)7-8-22(13)16(15(14)19(25)27-2)17(23)10-3-5-11(20)6-4-10/h3-9H,21H2,1-2H3. The van der Waals surface area contributed by atoms with Crippen molar-refractivity contribution in [3.8, 4) is 0 Å². The second-order valence-electron chi connectivity index (χ2n) is 5.63. The maximum absolute atomic E-state index is 13.2. The van der Waals surface area contributed by atoms with Crippen LogP contribution in [0.3, 0.4) is 0 Å². The number of aromatic nitrogens is 1. The fourth-order valence-corrected chi connectivity index (χ4v) is 2.97. The van der Waals surface area contributed by atoms with Gasteiger partial charge in [0.05, 0.1) is 19.7 Å². The number of carbonyl (C=O) groups is 3. The predicted octanol–water partition coefficient (Wildman–Crippen LogP) is 2.98. The van der Waals surface area contributed by atoms with Crippen molar-refractivity contribution in [2.45, 2.75) is 0 Å². The lowest BCUT2D eigenvalue weighted by Gasteiger charge is -2.06. The number of methoxy groups -OCH3 is 2. The first-order valence-electron chi connectivity index (χ1n) is 7.79. The number of halogens is 1. The fourth-order valence-electron chi connectivity index (χ4n) is 2.84. The summed E-state index contributed by atoms with van der Waals surface area (Å²) in [5, 5.41) is 0.461. The van der Waals surface area contributed by atoms with Crippen molar-refractivity contribution in [2.75, 3.05) is 20.0 Å². The number of fused-ring (bicyclic) bond motifs is 1. The van der Waals surface area contributed by atoms with Crippen molar-refractivity contribution in [1.29, 1.82) is 0 Å². The van der Waals surface area contributed by atoms with Gasteiger partial charge in [-0.15, -0.1) is 0 Å². The Morgan fingerprint density at radius 3 is 2.15 bits per heavy atom. The number of hydrogen-bond acceptors (Lipinski definition) is 6. The van der Waals surface area contributed by atoms with Gasteiger partial charge < -0.3 is 19.6 Å². The number of nitrogen functional groups attached to an aromatic ring is 1. The van der Waals surface area contributed by atoms with Gasteiger partial charge in [-0.1, -0.05) is 11.6 Å². The molecule has 0 aliphatic heterocycles. The largest absolute Gasteiger partial charge is 0.465 e. The molecular weight excluding hydrogens is 372 g/mol. The summed E-state index contributed by atoms with van der Waals surface area (Å²) in [7, 11) is 2.34. The Balaban J connectivity index is 2.39. The Labute approximate surface area is 159 Å². The zero-order valence-corrected chi connectivity index (χ0v) is 15.2. The number of ketones is 1. The van der Waals surface area contributed by atoms with Gasteiger partial charge >= 0.3 is 11.9 Å². The molecule has 0 amide bonds. The quantitative estimate of drug-likeness (QED) is 0.546. The van der Waals surface area contributed by atoms with Gasteiger partial charge in [0, 0.05) is 22.5 Å². The average molecular weight is 387 g/mol. The SMILES string of the molecule is COC(=O)c1c(C(=O)OC)c2cc(N)ccn2c1C(=O)c1ccc(Cl)cc1. The third-order valence-corrected chi connectivity index (χ3v) is 4.32. The number of hydrogen-bond donors (Lipinski definition) is 1. The highest BCUT2D eigenvalue weighted by molar-refractivity contribution is 6.30. The van der Waals surface area contributed by atoms with E-state index in [1.807, 2.05) is 0 Å². The highest BCUT2D eigenvalue weighted by atomic mass is 35.5. The third kappa shape index (κ3) is 3.13. The van der Waals surface area contributed by atoms with Crippen LogP contribution in [0.2, 0.25) is 5.02 Å². The summed E-state index contributed by atoms with van der Waals surface area (Å²) in [6.45, 7) is 0.